The van der Waals surface area contributed by atoms with Gasteiger partial charge >= 0.3 is 0 Å². The van der Waals surface area contributed by atoms with E-state index < -0.39 is 0 Å². The van der Waals surface area contributed by atoms with Crippen LogP contribution in [-0.4, -0.2) is 58.4 Å². The van der Waals surface area contributed by atoms with Crippen LogP contribution in [0.2, 0.25) is 0 Å². The largest absolute Gasteiger partial charge is 0.382 e. The summed E-state index contributed by atoms with van der Waals surface area (Å²) in [6, 6.07) is 0. The van der Waals surface area contributed by atoms with Crippen molar-refractivity contribution in [2.45, 2.75) is 58.4 Å². The minimum absolute atomic E-state index is 0.0336. The maximum Gasteiger partial charge on any atom is 0.0967 e. The zero-order chi connectivity index (χ0) is 15.7. The Morgan fingerprint density at radius 3 is 2.71 bits per heavy atom. The van der Waals surface area contributed by atoms with E-state index in [4.69, 9.17) is 9.47 Å². The van der Waals surface area contributed by atoms with Crippen LogP contribution in [0.25, 0.3) is 0 Å². The van der Waals surface area contributed by atoms with Crippen molar-refractivity contribution in [3.63, 3.8) is 0 Å². The van der Waals surface area contributed by atoms with Gasteiger partial charge in [0.2, 0.25) is 0 Å². The molecule has 120 valence electrons. The molecule has 2 heterocycles. The van der Waals surface area contributed by atoms with Crippen LogP contribution in [0.5, 0.6) is 0 Å². The number of nitrogens with zero attached hydrogens (tertiary/aromatic N) is 4. The third-order valence-corrected chi connectivity index (χ3v) is 3.52. The summed E-state index contributed by atoms with van der Waals surface area (Å²) in [5.41, 5.74) is 0.800. The summed E-state index contributed by atoms with van der Waals surface area (Å²) in [7, 11) is 1.71. The maximum atomic E-state index is 6.03. The molecule has 0 aliphatic carbocycles. The fourth-order valence-electron chi connectivity index (χ4n) is 2.74. The fourth-order valence-corrected chi connectivity index (χ4v) is 2.74. The smallest absolute Gasteiger partial charge is 0.0967 e. The molecule has 1 aromatic heterocycles. The van der Waals surface area contributed by atoms with Crippen molar-refractivity contribution in [3.8, 4) is 0 Å². The Hall–Kier alpha value is -0.980. The second-order valence-corrected chi connectivity index (χ2v) is 7.45. The van der Waals surface area contributed by atoms with Gasteiger partial charge < -0.3 is 9.47 Å². The zero-order valence-corrected chi connectivity index (χ0v) is 14.1. The van der Waals surface area contributed by atoms with E-state index in [1.807, 2.05) is 10.9 Å². The predicted molar refractivity (Wildman–Crippen MR) is 81.1 cm³/mol. The Morgan fingerprint density at radius 2 is 2.14 bits per heavy atom. The Labute approximate surface area is 127 Å². The van der Waals surface area contributed by atoms with Crippen molar-refractivity contribution in [1.82, 2.24) is 19.9 Å². The van der Waals surface area contributed by atoms with Gasteiger partial charge in [-0.15, -0.1) is 5.10 Å². The van der Waals surface area contributed by atoms with Crippen molar-refractivity contribution >= 4 is 0 Å². The second-order valence-electron chi connectivity index (χ2n) is 7.45. The topological polar surface area (TPSA) is 52.4 Å². The van der Waals surface area contributed by atoms with Crippen molar-refractivity contribution in [1.29, 1.82) is 0 Å². The van der Waals surface area contributed by atoms with Crippen LogP contribution in [0.1, 0.15) is 40.3 Å². The monoisotopic (exact) mass is 296 g/mol. The molecule has 6 nitrogen and oxygen atoms in total. The average molecular weight is 296 g/mol. The highest BCUT2D eigenvalue weighted by Crippen LogP contribution is 2.22. The van der Waals surface area contributed by atoms with Gasteiger partial charge in [-0.3, -0.25) is 4.90 Å². The van der Waals surface area contributed by atoms with E-state index in [1.165, 1.54) is 0 Å². The standard InChI is InChI=1S/C15H28N4O2/c1-14(2,3)19-8-12(16-17-19)7-18-9-13(10-20-6)21-15(4,5)11-18/h8,13H,7,9-11H2,1-6H3/t13-/m0/s1. The molecular weight excluding hydrogens is 268 g/mol. The number of rotatable bonds is 4. The third-order valence-electron chi connectivity index (χ3n) is 3.52. The van der Waals surface area contributed by atoms with E-state index in [9.17, 15) is 0 Å². The van der Waals surface area contributed by atoms with Crippen LogP contribution in [-0.2, 0) is 21.6 Å². The Morgan fingerprint density at radius 1 is 1.43 bits per heavy atom. The van der Waals surface area contributed by atoms with Crippen molar-refractivity contribution in [2.75, 3.05) is 26.8 Å². The second kappa shape index (κ2) is 6.02. The van der Waals surface area contributed by atoms with E-state index in [-0.39, 0.29) is 17.2 Å². The zero-order valence-electron chi connectivity index (χ0n) is 14.1. The molecule has 1 aliphatic rings. The highest BCUT2D eigenvalue weighted by Gasteiger charge is 2.33. The number of aromatic nitrogens is 3. The molecule has 1 aliphatic heterocycles. The Kier molecular flexibility index (Phi) is 4.70. The molecule has 0 amide bonds. The maximum absolute atomic E-state index is 6.03. The SMILES string of the molecule is COC[C@@H]1CN(Cc2cn(C(C)(C)C)nn2)CC(C)(C)O1. The summed E-state index contributed by atoms with van der Waals surface area (Å²) in [5.74, 6) is 0. The van der Waals surface area contributed by atoms with Gasteiger partial charge in [0.05, 0.1) is 35.7 Å². The molecule has 2 rings (SSSR count). The van der Waals surface area contributed by atoms with E-state index in [0.29, 0.717) is 6.61 Å². The van der Waals surface area contributed by atoms with Crippen LogP contribution in [0.15, 0.2) is 6.20 Å². The van der Waals surface area contributed by atoms with Gasteiger partial charge in [0.25, 0.3) is 0 Å². The number of ether oxygens (including phenoxy) is 2. The van der Waals surface area contributed by atoms with E-state index in [2.05, 4.69) is 49.8 Å². The first-order chi connectivity index (χ1) is 9.69. The average Bonchev–Trinajstić information content (AvgIpc) is 2.75. The van der Waals surface area contributed by atoms with Gasteiger partial charge in [-0.25, -0.2) is 4.68 Å². The Balaban J connectivity index is 2.02. The van der Waals surface area contributed by atoms with E-state index in [1.54, 1.807) is 7.11 Å². The minimum Gasteiger partial charge on any atom is -0.382 e. The summed E-state index contributed by atoms with van der Waals surface area (Å²) in [5, 5.41) is 8.52. The predicted octanol–water partition coefficient (Wildman–Crippen LogP) is 1.66. The molecule has 0 unspecified atom stereocenters. The molecule has 6 heteroatoms. The van der Waals surface area contributed by atoms with Crippen molar-refractivity contribution in [2.24, 2.45) is 0 Å². The lowest BCUT2D eigenvalue weighted by atomic mass is 10.1. The van der Waals surface area contributed by atoms with Crippen LogP contribution in [0.3, 0.4) is 0 Å². The molecule has 1 fully saturated rings. The quantitative estimate of drug-likeness (QED) is 0.846. The number of morpholine rings is 1. The first-order valence-corrected chi connectivity index (χ1v) is 7.50. The molecule has 0 spiro atoms. The molecule has 1 aromatic rings. The van der Waals surface area contributed by atoms with Crippen LogP contribution >= 0.6 is 0 Å². The van der Waals surface area contributed by atoms with Crippen LogP contribution in [0, 0.1) is 0 Å². The summed E-state index contributed by atoms with van der Waals surface area (Å²) < 4.78 is 13.2. The van der Waals surface area contributed by atoms with Gasteiger partial charge in [0, 0.05) is 26.7 Å². The summed E-state index contributed by atoms with van der Waals surface area (Å²) in [6.45, 7) is 13.8. The molecule has 0 aromatic carbocycles. The van der Waals surface area contributed by atoms with Gasteiger partial charge in [-0.2, -0.15) is 0 Å². The number of hydrogen-bond acceptors (Lipinski definition) is 5. The van der Waals surface area contributed by atoms with Gasteiger partial charge in [0.1, 0.15) is 0 Å². The van der Waals surface area contributed by atoms with Gasteiger partial charge in [-0.1, -0.05) is 5.21 Å². The lowest BCUT2D eigenvalue weighted by molar-refractivity contribution is -0.154. The molecule has 0 saturated carbocycles. The first-order valence-electron chi connectivity index (χ1n) is 7.50. The van der Waals surface area contributed by atoms with E-state index in [0.717, 1.165) is 25.3 Å². The molecular formula is C15H28N4O2. The molecule has 1 saturated heterocycles. The van der Waals surface area contributed by atoms with Crippen molar-refractivity contribution < 1.29 is 9.47 Å². The van der Waals surface area contributed by atoms with Crippen LogP contribution < -0.4 is 0 Å². The fraction of sp³-hybridized carbons (Fsp3) is 0.867. The Bertz CT molecular complexity index is 464. The first kappa shape index (κ1) is 16.4. The molecule has 0 N–H and O–H groups in total. The normalized spacial score (nSPS) is 23.4. The number of hydrogen-bond donors (Lipinski definition) is 0. The van der Waals surface area contributed by atoms with Gasteiger partial charge in [0.15, 0.2) is 0 Å². The molecule has 21 heavy (non-hydrogen) atoms. The highest BCUT2D eigenvalue weighted by atomic mass is 16.5. The highest BCUT2D eigenvalue weighted by molar-refractivity contribution is 4.96. The molecule has 0 bridgehead atoms. The summed E-state index contributed by atoms with van der Waals surface area (Å²) in [4.78, 5) is 2.37. The lowest BCUT2D eigenvalue weighted by Crippen LogP contribution is -2.53. The lowest BCUT2D eigenvalue weighted by Gasteiger charge is -2.42. The number of methoxy groups -OCH3 is 1. The summed E-state index contributed by atoms with van der Waals surface area (Å²) >= 11 is 0. The van der Waals surface area contributed by atoms with Gasteiger partial charge in [-0.05, 0) is 34.6 Å². The molecule has 0 radical (unpaired) electrons. The van der Waals surface area contributed by atoms with E-state index >= 15 is 0 Å². The van der Waals surface area contributed by atoms with Crippen LogP contribution in [0.4, 0.5) is 0 Å². The van der Waals surface area contributed by atoms with Crippen molar-refractivity contribution in [3.05, 3.63) is 11.9 Å². The minimum atomic E-state index is -0.165. The third kappa shape index (κ3) is 4.49. The summed E-state index contributed by atoms with van der Waals surface area (Å²) in [6.07, 6.45) is 2.14. The molecule has 1 atom stereocenters.